The maximum absolute atomic E-state index is 12.0. The van der Waals surface area contributed by atoms with Gasteiger partial charge in [-0.2, -0.15) is 0 Å². The predicted octanol–water partition coefficient (Wildman–Crippen LogP) is 0.606. The molecule has 0 aromatic heterocycles. The van der Waals surface area contributed by atoms with Gasteiger partial charge in [0.15, 0.2) is 0 Å². The van der Waals surface area contributed by atoms with E-state index in [4.69, 9.17) is 4.74 Å². The number of nitrogens with zero attached hydrogens (tertiary/aromatic N) is 1. The largest absolute Gasteiger partial charge is 0.489 e. The first kappa shape index (κ1) is 15.8. The van der Waals surface area contributed by atoms with E-state index in [2.05, 4.69) is 4.72 Å². The van der Waals surface area contributed by atoms with Crippen LogP contribution < -0.4 is 9.46 Å². The minimum Gasteiger partial charge on any atom is -0.489 e. The average molecular weight is 312 g/mol. The van der Waals surface area contributed by atoms with Crippen molar-refractivity contribution in [1.82, 2.24) is 9.62 Å². The summed E-state index contributed by atoms with van der Waals surface area (Å²) in [6, 6.07) is 9.52. The first-order chi connectivity index (χ1) is 9.94. The summed E-state index contributed by atoms with van der Waals surface area (Å²) < 4.78 is 30.0. The van der Waals surface area contributed by atoms with Gasteiger partial charge in [0.25, 0.3) is 0 Å². The smallest absolute Gasteiger partial charge is 0.224 e. The molecule has 1 amide bonds. The van der Waals surface area contributed by atoms with Gasteiger partial charge in [-0.05, 0) is 12.1 Å². The van der Waals surface area contributed by atoms with Crippen LogP contribution >= 0.6 is 0 Å². The molecule has 1 saturated heterocycles. The number of para-hydroxylation sites is 1. The second kappa shape index (κ2) is 6.91. The van der Waals surface area contributed by atoms with Crippen molar-refractivity contribution in [3.63, 3.8) is 0 Å². The fourth-order valence-corrected chi connectivity index (χ4v) is 2.72. The number of carbonyl (C=O) groups excluding carboxylic acids is 1. The summed E-state index contributed by atoms with van der Waals surface area (Å²) in [5.74, 6) is 0.751. The van der Waals surface area contributed by atoms with Crippen molar-refractivity contribution >= 4 is 15.9 Å². The third-order valence-corrected chi connectivity index (χ3v) is 3.98. The van der Waals surface area contributed by atoms with Crippen LogP contribution in [0.1, 0.15) is 12.8 Å². The van der Waals surface area contributed by atoms with Crippen molar-refractivity contribution in [2.24, 2.45) is 0 Å². The van der Waals surface area contributed by atoms with Crippen molar-refractivity contribution in [2.75, 3.05) is 25.9 Å². The van der Waals surface area contributed by atoms with Gasteiger partial charge in [-0.15, -0.1) is 0 Å². The highest BCUT2D eigenvalue weighted by Crippen LogP contribution is 2.18. The molecular formula is C14H20N2O4S. The Hall–Kier alpha value is -1.60. The van der Waals surface area contributed by atoms with Gasteiger partial charge < -0.3 is 9.64 Å². The van der Waals surface area contributed by atoms with E-state index in [0.717, 1.165) is 18.4 Å². The highest BCUT2D eigenvalue weighted by Gasteiger charge is 2.27. The van der Waals surface area contributed by atoms with Crippen molar-refractivity contribution in [1.29, 1.82) is 0 Å². The Morgan fingerprint density at radius 2 is 2.10 bits per heavy atom. The summed E-state index contributed by atoms with van der Waals surface area (Å²) >= 11 is 0. The van der Waals surface area contributed by atoms with Gasteiger partial charge in [-0.25, -0.2) is 13.1 Å². The molecule has 1 aliphatic rings. The fourth-order valence-electron chi connectivity index (χ4n) is 2.24. The molecule has 6 nitrogen and oxygen atoms in total. The molecule has 1 aromatic carbocycles. The van der Waals surface area contributed by atoms with E-state index >= 15 is 0 Å². The highest BCUT2D eigenvalue weighted by atomic mass is 32.2. The number of nitrogens with one attached hydrogen (secondary N) is 1. The lowest BCUT2D eigenvalue weighted by Gasteiger charge is -2.17. The van der Waals surface area contributed by atoms with Gasteiger partial charge in [0.1, 0.15) is 11.9 Å². The number of carbonyl (C=O) groups is 1. The van der Waals surface area contributed by atoms with Crippen LogP contribution in [-0.2, 0) is 14.8 Å². The van der Waals surface area contributed by atoms with Crippen LogP contribution in [0.3, 0.4) is 0 Å². The fraction of sp³-hybridized carbons (Fsp3) is 0.500. The lowest BCUT2D eigenvalue weighted by Crippen LogP contribution is -2.34. The molecule has 0 radical (unpaired) electrons. The number of sulfonamides is 1. The Bertz CT molecular complexity index is 574. The van der Waals surface area contributed by atoms with Crippen LogP contribution in [0.5, 0.6) is 5.75 Å². The zero-order valence-electron chi connectivity index (χ0n) is 12.0. The maximum Gasteiger partial charge on any atom is 0.224 e. The molecule has 1 fully saturated rings. The Balaban J connectivity index is 1.75. The highest BCUT2D eigenvalue weighted by molar-refractivity contribution is 7.88. The number of hydrogen-bond acceptors (Lipinski definition) is 4. The summed E-state index contributed by atoms with van der Waals surface area (Å²) in [6.45, 7) is 1.33. The van der Waals surface area contributed by atoms with E-state index in [1.165, 1.54) is 0 Å². The second-order valence-corrected chi connectivity index (χ2v) is 6.93. The van der Waals surface area contributed by atoms with Gasteiger partial charge in [0, 0.05) is 25.9 Å². The zero-order valence-corrected chi connectivity index (χ0v) is 12.8. The van der Waals surface area contributed by atoms with Crippen LogP contribution in [0.2, 0.25) is 0 Å². The van der Waals surface area contributed by atoms with Crippen molar-refractivity contribution in [2.45, 2.75) is 18.9 Å². The van der Waals surface area contributed by atoms with E-state index in [9.17, 15) is 13.2 Å². The average Bonchev–Trinajstić information content (AvgIpc) is 2.87. The number of likely N-dealkylation sites (tertiary alicyclic amines) is 1. The minimum atomic E-state index is -3.24. The summed E-state index contributed by atoms with van der Waals surface area (Å²) in [5, 5.41) is 0. The van der Waals surface area contributed by atoms with Gasteiger partial charge in [-0.3, -0.25) is 4.79 Å². The van der Waals surface area contributed by atoms with Crippen molar-refractivity contribution in [3.05, 3.63) is 30.3 Å². The predicted molar refractivity (Wildman–Crippen MR) is 79.5 cm³/mol. The summed E-state index contributed by atoms with van der Waals surface area (Å²) in [5.41, 5.74) is 0. The molecule has 1 atom stereocenters. The van der Waals surface area contributed by atoms with Gasteiger partial charge in [0.2, 0.25) is 15.9 Å². The SMILES string of the molecule is CS(=O)(=O)NCCC(=O)N1CC[C@@H](Oc2ccccc2)C1. The van der Waals surface area contributed by atoms with E-state index in [1.54, 1.807) is 4.90 Å². The number of rotatable bonds is 6. The number of benzene rings is 1. The van der Waals surface area contributed by atoms with E-state index in [0.29, 0.717) is 13.1 Å². The van der Waals surface area contributed by atoms with Gasteiger partial charge in [-0.1, -0.05) is 18.2 Å². The van der Waals surface area contributed by atoms with Crippen molar-refractivity contribution < 1.29 is 17.9 Å². The quantitative estimate of drug-likeness (QED) is 0.835. The van der Waals surface area contributed by atoms with E-state index < -0.39 is 10.0 Å². The molecule has 0 spiro atoms. The monoisotopic (exact) mass is 312 g/mol. The summed E-state index contributed by atoms with van der Waals surface area (Å²) in [6.07, 6.45) is 2.04. The third-order valence-electron chi connectivity index (χ3n) is 3.25. The molecule has 0 unspecified atom stereocenters. The van der Waals surface area contributed by atoms with Crippen LogP contribution in [0.15, 0.2) is 30.3 Å². The molecule has 0 bridgehead atoms. The Labute approximate surface area is 125 Å². The van der Waals surface area contributed by atoms with Gasteiger partial charge >= 0.3 is 0 Å². The van der Waals surface area contributed by atoms with Gasteiger partial charge in [0.05, 0.1) is 12.8 Å². The lowest BCUT2D eigenvalue weighted by molar-refractivity contribution is -0.130. The van der Waals surface area contributed by atoms with E-state index in [1.807, 2.05) is 30.3 Å². The van der Waals surface area contributed by atoms with Crippen LogP contribution in [0.25, 0.3) is 0 Å². The molecule has 7 heteroatoms. The second-order valence-electron chi connectivity index (χ2n) is 5.10. The Kier molecular flexibility index (Phi) is 5.19. The first-order valence-electron chi connectivity index (χ1n) is 6.88. The third kappa shape index (κ3) is 5.35. The summed E-state index contributed by atoms with van der Waals surface area (Å²) in [7, 11) is -3.24. The Morgan fingerprint density at radius 3 is 2.76 bits per heavy atom. The number of ether oxygens (including phenoxy) is 1. The molecule has 1 aliphatic heterocycles. The topological polar surface area (TPSA) is 75.7 Å². The normalized spacial score (nSPS) is 18.7. The number of hydrogen-bond donors (Lipinski definition) is 1. The number of amides is 1. The molecule has 21 heavy (non-hydrogen) atoms. The van der Waals surface area contributed by atoms with Crippen molar-refractivity contribution in [3.8, 4) is 5.75 Å². The first-order valence-corrected chi connectivity index (χ1v) is 8.77. The summed E-state index contributed by atoms with van der Waals surface area (Å²) in [4.78, 5) is 13.7. The van der Waals surface area contributed by atoms with E-state index in [-0.39, 0.29) is 25.0 Å². The molecule has 0 saturated carbocycles. The van der Waals surface area contributed by atoms with Crippen LogP contribution in [0, 0.1) is 0 Å². The van der Waals surface area contributed by atoms with Crippen LogP contribution in [0.4, 0.5) is 0 Å². The molecule has 1 aromatic rings. The Morgan fingerprint density at radius 1 is 1.38 bits per heavy atom. The molecular weight excluding hydrogens is 292 g/mol. The maximum atomic E-state index is 12.0. The zero-order chi connectivity index (χ0) is 15.3. The molecule has 0 aliphatic carbocycles. The molecule has 1 N–H and O–H groups in total. The molecule has 1 heterocycles. The minimum absolute atomic E-state index is 0.000725. The molecule has 2 rings (SSSR count). The van der Waals surface area contributed by atoms with Crippen LogP contribution in [-0.4, -0.2) is 51.2 Å². The lowest BCUT2D eigenvalue weighted by atomic mass is 10.3. The molecule has 116 valence electrons. The standard InChI is InChI=1S/C14H20N2O4S/c1-21(18,19)15-9-7-14(17)16-10-8-13(11-16)20-12-5-3-2-4-6-12/h2-6,13,15H,7-11H2,1H3/t13-/m1/s1.